The molecule has 2 aliphatic heterocycles. The summed E-state index contributed by atoms with van der Waals surface area (Å²) >= 11 is 0. The normalized spacial score (nSPS) is 25.6. The molecule has 0 aromatic heterocycles. The van der Waals surface area contributed by atoms with Crippen LogP contribution in [0.15, 0.2) is 30.2 Å². The van der Waals surface area contributed by atoms with Gasteiger partial charge < -0.3 is 14.4 Å². The molecule has 120 valence electrons. The number of hydrogen-bond donors (Lipinski definition) is 1. The summed E-state index contributed by atoms with van der Waals surface area (Å²) in [5.41, 5.74) is 1.29. The first kappa shape index (κ1) is 15.7. The highest BCUT2D eigenvalue weighted by atomic mass is 31.0. The molecule has 0 saturated carbocycles. The van der Waals surface area contributed by atoms with Crippen LogP contribution in [0.5, 0.6) is 0 Å². The molecule has 0 spiro atoms. The second-order valence-corrected chi connectivity index (χ2v) is 5.74. The van der Waals surface area contributed by atoms with Gasteiger partial charge in [0.1, 0.15) is 24.0 Å². The molecule has 1 aromatic carbocycles. The third kappa shape index (κ3) is 3.24. The molecule has 0 radical (unpaired) electrons. The molecule has 0 bridgehead atoms. The molecular weight excluding hydrogens is 309 g/mol. The topological polar surface area (TPSA) is 33.7 Å². The smallest absolute Gasteiger partial charge is 0.142 e. The molecule has 1 aromatic rings. The number of nitrogens with zero attached hydrogens (tertiary/aromatic N) is 1. The average molecular weight is 328 g/mol. The van der Waals surface area contributed by atoms with Gasteiger partial charge in [0, 0.05) is 25.1 Å². The zero-order valence-electron chi connectivity index (χ0n) is 12.1. The van der Waals surface area contributed by atoms with Crippen LogP contribution in [0.3, 0.4) is 0 Å². The Hall–Kier alpha value is -1.23. The maximum absolute atomic E-state index is 14.0. The van der Waals surface area contributed by atoms with E-state index < -0.39 is 17.7 Å². The second-order valence-electron chi connectivity index (χ2n) is 5.41. The summed E-state index contributed by atoms with van der Waals surface area (Å²) in [7, 11) is 2.44. The Morgan fingerprint density at radius 2 is 2.00 bits per heavy atom. The Balaban J connectivity index is 1.81. The molecule has 3 atom stereocenters. The van der Waals surface area contributed by atoms with Crippen molar-refractivity contribution in [3.8, 4) is 0 Å². The fourth-order valence-corrected chi connectivity index (χ4v) is 3.14. The van der Waals surface area contributed by atoms with Crippen LogP contribution in [-0.4, -0.2) is 37.2 Å². The SMILES string of the molecule is Fc1ccc(F)c([C@H]2OC=C(N3CCOCC3)C[C@@H]2NP)c1. The average Bonchev–Trinajstić information content (AvgIpc) is 2.57. The van der Waals surface area contributed by atoms with Gasteiger partial charge in [0.15, 0.2) is 0 Å². The monoisotopic (exact) mass is 328 g/mol. The van der Waals surface area contributed by atoms with Crippen molar-refractivity contribution in [2.24, 2.45) is 0 Å². The first-order chi connectivity index (χ1) is 10.7. The van der Waals surface area contributed by atoms with Crippen molar-refractivity contribution in [1.29, 1.82) is 0 Å². The third-order valence-corrected chi connectivity index (χ3v) is 4.47. The lowest BCUT2D eigenvalue weighted by Crippen LogP contribution is -2.41. The fourth-order valence-electron chi connectivity index (χ4n) is 2.85. The first-order valence-electron chi connectivity index (χ1n) is 7.27. The zero-order valence-corrected chi connectivity index (χ0v) is 13.3. The minimum atomic E-state index is -0.557. The number of ether oxygens (including phenoxy) is 2. The number of hydrogen-bond acceptors (Lipinski definition) is 4. The summed E-state index contributed by atoms with van der Waals surface area (Å²) in [5, 5.41) is 3.07. The lowest BCUT2D eigenvalue weighted by molar-refractivity contribution is 0.0328. The minimum Gasteiger partial charge on any atom is -0.490 e. The van der Waals surface area contributed by atoms with Gasteiger partial charge in [-0.1, -0.05) is 9.39 Å². The third-order valence-electron chi connectivity index (χ3n) is 4.04. The minimum absolute atomic E-state index is 0.149. The molecule has 0 aliphatic carbocycles. The lowest BCUT2D eigenvalue weighted by Gasteiger charge is -2.38. The fraction of sp³-hybridized carbons (Fsp3) is 0.467. The maximum Gasteiger partial charge on any atom is 0.142 e. The Morgan fingerprint density at radius 1 is 1.23 bits per heavy atom. The van der Waals surface area contributed by atoms with Crippen molar-refractivity contribution in [1.82, 2.24) is 9.99 Å². The van der Waals surface area contributed by atoms with Crippen LogP contribution >= 0.6 is 9.39 Å². The van der Waals surface area contributed by atoms with Gasteiger partial charge in [-0.15, -0.1) is 0 Å². The van der Waals surface area contributed by atoms with E-state index in [1.54, 1.807) is 6.26 Å². The van der Waals surface area contributed by atoms with E-state index in [2.05, 4.69) is 19.4 Å². The van der Waals surface area contributed by atoms with Crippen molar-refractivity contribution in [2.75, 3.05) is 26.3 Å². The predicted octanol–water partition coefficient (Wildman–Crippen LogP) is 2.35. The largest absolute Gasteiger partial charge is 0.490 e. The van der Waals surface area contributed by atoms with Gasteiger partial charge in [-0.3, -0.25) is 5.09 Å². The van der Waals surface area contributed by atoms with E-state index in [0.29, 0.717) is 19.6 Å². The molecule has 2 aliphatic rings. The summed E-state index contributed by atoms with van der Waals surface area (Å²) in [6, 6.07) is 3.29. The Morgan fingerprint density at radius 3 is 2.73 bits per heavy atom. The molecule has 1 unspecified atom stereocenters. The van der Waals surface area contributed by atoms with E-state index in [4.69, 9.17) is 9.47 Å². The van der Waals surface area contributed by atoms with Gasteiger partial charge in [-0.25, -0.2) is 8.78 Å². The number of rotatable bonds is 3. The van der Waals surface area contributed by atoms with Crippen molar-refractivity contribution < 1.29 is 18.3 Å². The Bertz CT molecular complexity index is 564. The molecule has 4 nitrogen and oxygen atoms in total. The summed E-state index contributed by atoms with van der Waals surface area (Å²) in [6.45, 7) is 3.02. The molecular formula is C15H19F2N2O2P. The van der Waals surface area contributed by atoms with E-state index in [1.807, 2.05) is 0 Å². The maximum atomic E-state index is 14.0. The molecule has 1 fully saturated rings. The summed E-state index contributed by atoms with van der Waals surface area (Å²) in [5.74, 6) is -0.926. The van der Waals surface area contributed by atoms with Gasteiger partial charge in [0.05, 0.1) is 25.0 Å². The first-order valence-corrected chi connectivity index (χ1v) is 7.85. The number of morpholine rings is 1. The summed E-state index contributed by atoms with van der Waals surface area (Å²) < 4.78 is 38.5. The van der Waals surface area contributed by atoms with Crippen molar-refractivity contribution in [3.05, 3.63) is 47.4 Å². The summed E-state index contributed by atoms with van der Waals surface area (Å²) in [4.78, 5) is 2.21. The van der Waals surface area contributed by atoms with E-state index in [0.717, 1.165) is 30.9 Å². The Kier molecular flexibility index (Phi) is 4.91. The standard InChI is InChI=1S/C15H19F2N2O2P/c16-10-1-2-13(17)12(7-10)15-14(18-22)8-11(9-21-15)19-3-5-20-6-4-19/h1-2,7,9,14-15,18H,3-6,8,22H2/t14-,15+/m0/s1. The van der Waals surface area contributed by atoms with Gasteiger partial charge in [-0.05, 0) is 18.2 Å². The zero-order chi connectivity index (χ0) is 15.5. The Labute approximate surface area is 130 Å². The van der Waals surface area contributed by atoms with E-state index in [-0.39, 0.29) is 11.6 Å². The van der Waals surface area contributed by atoms with Crippen molar-refractivity contribution in [2.45, 2.75) is 18.6 Å². The van der Waals surface area contributed by atoms with Crippen molar-refractivity contribution >= 4 is 9.39 Å². The number of nitrogens with one attached hydrogen (secondary N) is 1. The van der Waals surface area contributed by atoms with E-state index in [1.165, 1.54) is 6.07 Å². The van der Waals surface area contributed by atoms with Crippen LogP contribution < -0.4 is 5.09 Å². The van der Waals surface area contributed by atoms with Crippen molar-refractivity contribution in [3.63, 3.8) is 0 Å². The highest BCUT2D eigenvalue weighted by Crippen LogP contribution is 2.34. The molecule has 0 amide bonds. The highest BCUT2D eigenvalue weighted by Gasteiger charge is 2.32. The van der Waals surface area contributed by atoms with Gasteiger partial charge >= 0.3 is 0 Å². The quantitative estimate of drug-likeness (QED) is 0.864. The van der Waals surface area contributed by atoms with Crippen LogP contribution in [0.2, 0.25) is 0 Å². The molecule has 2 heterocycles. The molecule has 22 heavy (non-hydrogen) atoms. The predicted molar refractivity (Wildman–Crippen MR) is 81.9 cm³/mol. The molecule has 7 heteroatoms. The van der Waals surface area contributed by atoms with Crippen LogP contribution in [0.1, 0.15) is 18.1 Å². The van der Waals surface area contributed by atoms with Gasteiger partial charge in [0.2, 0.25) is 0 Å². The summed E-state index contributed by atoms with van der Waals surface area (Å²) in [6.07, 6.45) is 1.79. The molecule has 1 N–H and O–H groups in total. The second kappa shape index (κ2) is 6.90. The van der Waals surface area contributed by atoms with Gasteiger partial charge in [0.25, 0.3) is 0 Å². The lowest BCUT2D eigenvalue weighted by atomic mass is 9.96. The van der Waals surface area contributed by atoms with Gasteiger partial charge in [-0.2, -0.15) is 0 Å². The van der Waals surface area contributed by atoms with Crippen LogP contribution in [-0.2, 0) is 9.47 Å². The number of benzene rings is 1. The van der Waals surface area contributed by atoms with E-state index in [9.17, 15) is 8.78 Å². The molecule has 1 saturated heterocycles. The van der Waals surface area contributed by atoms with Crippen LogP contribution in [0.25, 0.3) is 0 Å². The van der Waals surface area contributed by atoms with E-state index >= 15 is 0 Å². The molecule has 3 rings (SSSR count). The highest BCUT2D eigenvalue weighted by molar-refractivity contribution is 7.13. The van der Waals surface area contributed by atoms with Crippen LogP contribution in [0.4, 0.5) is 8.78 Å². The van der Waals surface area contributed by atoms with Crippen LogP contribution in [0, 0.1) is 11.6 Å². The number of halogens is 2.